The van der Waals surface area contributed by atoms with Crippen LogP contribution in [-0.4, -0.2) is 102 Å². The van der Waals surface area contributed by atoms with E-state index < -0.39 is 0 Å². The van der Waals surface area contributed by atoms with Crippen LogP contribution in [0.4, 0.5) is 0 Å². The molecule has 7 heteroatoms. The van der Waals surface area contributed by atoms with Gasteiger partial charge in [-0.3, -0.25) is 0 Å². The van der Waals surface area contributed by atoms with E-state index in [1.54, 1.807) is 0 Å². The van der Waals surface area contributed by atoms with E-state index in [2.05, 4.69) is 76.0 Å². The molecule has 0 N–H and O–H groups in total. The zero-order valence-corrected chi connectivity index (χ0v) is 16.3. The Morgan fingerprint density at radius 2 is 0.632 bits per heavy atom. The molecule has 0 aliphatic rings. The van der Waals surface area contributed by atoms with Crippen molar-refractivity contribution in [2.75, 3.05) is 82.6 Å². The number of hydrogen-bond donors (Lipinski definition) is 0. The van der Waals surface area contributed by atoms with Gasteiger partial charge < -0.3 is 19.6 Å². The van der Waals surface area contributed by atoms with E-state index in [1.807, 2.05) is 0 Å². The predicted octanol–water partition coefficient (Wildman–Crippen LogP) is 1.60. The maximum atomic E-state index is 4.76. The van der Waals surface area contributed by atoms with Crippen LogP contribution in [0.1, 0.15) is 0 Å². The number of halogens is 2. The van der Waals surface area contributed by atoms with Gasteiger partial charge in [0.05, 0.1) is 0 Å². The minimum atomic E-state index is 0.194. The molecule has 0 aliphatic heterocycles. The summed E-state index contributed by atoms with van der Waals surface area (Å²) in [6.45, 7) is 4.58. The predicted molar refractivity (Wildman–Crippen MR) is 85.9 cm³/mol. The van der Waals surface area contributed by atoms with Crippen molar-refractivity contribution < 1.29 is 13.1 Å². The quantitative estimate of drug-likeness (QED) is 0.668. The molecule has 0 bridgehead atoms. The van der Waals surface area contributed by atoms with Crippen molar-refractivity contribution >= 4 is 20.2 Å². The Hall–Kier alpha value is 0.939. The van der Waals surface area contributed by atoms with Crippen LogP contribution in [0.2, 0.25) is 0 Å². The Bertz CT molecular complexity index is 127. The normalized spacial score (nSPS) is 10.6. The molecule has 0 amide bonds. The zero-order valence-electron chi connectivity index (χ0n) is 13.7. The summed E-state index contributed by atoms with van der Waals surface area (Å²) < 4.78 is 0. The molecule has 0 heterocycles. The molecule has 122 valence electrons. The van der Waals surface area contributed by atoms with Crippen molar-refractivity contribution in [3.63, 3.8) is 0 Å². The van der Waals surface area contributed by atoms with Crippen LogP contribution < -0.4 is 0 Å². The Kier molecular flexibility index (Phi) is 24.8. The van der Waals surface area contributed by atoms with Gasteiger partial charge in [-0.25, -0.2) is 0 Å². The van der Waals surface area contributed by atoms with Gasteiger partial charge in [0.25, 0.3) is 0 Å². The Morgan fingerprint density at radius 3 is 0.684 bits per heavy atom. The summed E-state index contributed by atoms with van der Waals surface area (Å²) in [5.74, 6) is 0. The molecule has 0 rings (SSSR count). The van der Waals surface area contributed by atoms with Crippen LogP contribution in [0.3, 0.4) is 0 Å². The summed E-state index contributed by atoms with van der Waals surface area (Å²) in [5, 5.41) is 0. The van der Waals surface area contributed by atoms with Crippen LogP contribution in [0.5, 0.6) is 0 Å². The molecule has 0 radical (unpaired) electrons. The van der Waals surface area contributed by atoms with E-state index in [4.69, 9.17) is 20.2 Å². The molecule has 0 aliphatic carbocycles. The van der Waals surface area contributed by atoms with E-state index >= 15 is 0 Å². The van der Waals surface area contributed by atoms with E-state index in [9.17, 15) is 0 Å². The fourth-order valence-electron chi connectivity index (χ4n) is 0.800. The van der Waals surface area contributed by atoms with Crippen molar-refractivity contribution in [2.45, 2.75) is 0 Å². The van der Waals surface area contributed by atoms with E-state index in [0.29, 0.717) is 0 Å². The third kappa shape index (κ3) is 45.4. The zero-order chi connectivity index (χ0) is 15.8. The number of likely N-dealkylation sites (N-methyl/N-ethyl adjacent to an activating group) is 4. The Balaban J connectivity index is -0.000000224. The first kappa shape index (κ1) is 24.9. The first-order valence-corrected chi connectivity index (χ1v) is 9.15. The molecule has 0 atom stereocenters. The van der Waals surface area contributed by atoms with Gasteiger partial charge in [0, 0.05) is 26.2 Å². The third-order valence-corrected chi connectivity index (χ3v) is 1.99. The average molecular weight is 359 g/mol. The molecule has 4 nitrogen and oxygen atoms in total. The molecule has 0 aromatic heterocycles. The molecule has 0 aromatic rings. The van der Waals surface area contributed by atoms with E-state index in [1.165, 1.54) is 0 Å². The summed E-state index contributed by atoms with van der Waals surface area (Å²) in [4.78, 5) is 8.72. The summed E-state index contributed by atoms with van der Waals surface area (Å²) >= 11 is 0.194. The Labute approximate surface area is 135 Å². The van der Waals surface area contributed by atoms with Crippen LogP contribution in [0, 0.1) is 0 Å². The van der Waals surface area contributed by atoms with Gasteiger partial charge in [-0.15, -0.1) is 0 Å². The number of nitrogens with zero attached hydrogens (tertiary/aromatic N) is 4. The van der Waals surface area contributed by atoms with Gasteiger partial charge in [-0.1, -0.05) is 0 Å². The molecule has 0 fully saturated rings. The molecule has 19 heavy (non-hydrogen) atoms. The minimum absolute atomic E-state index is 0.194. The number of rotatable bonds is 6. The summed E-state index contributed by atoms with van der Waals surface area (Å²) in [5.41, 5.74) is 0. The average Bonchev–Trinajstić information content (AvgIpc) is 2.25. The van der Waals surface area contributed by atoms with Gasteiger partial charge in [0.1, 0.15) is 0 Å². The molecular formula is C12H32Cl2FeN4. The number of hydrogen-bond acceptors (Lipinski definition) is 4. The standard InChI is InChI=1S/2C6H16N2.2ClH.Fe/c2*1-7(2)5-6-8(3)4;;;/h2*5-6H2,1-4H3;2*1H;/q;;;;+2/p-2. The van der Waals surface area contributed by atoms with Gasteiger partial charge in [-0.2, -0.15) is 0 Å². The fraction of sp³-hybridized carbons (Fsp3) is 1.00. The first-order chi connectivity index (χ1) is 8.67. The van der Waals surface area contributed by atoms with Gasteiger partial charge in [0.2, 0.25) is 0 Å². The molecule has 0 spiro atoms. The molecular weight excluding hydrogens is 327 g/mol. The van der Waals surface area contributed by atoms with Crippen molar-refractivity contribution in [3.05, 3.63) is 0 Å². The second kappa shape index (κ2) is 18.9. The molecule has 0 aromatic carbocycles. The molecule has 0 saturated carbocycles. The van der Waals surface area contributed by atoms with Crippen molar-refractivity contribution in [3.8, 4) is 0 Å². The molecule has 0 unspecified atom stereocenters. The fourth-order valence-corrected chi connectivity index (χ4v) is 0.800. The summed E-state index contributed by atoms with van der Waals surface area (Å²) in [6.07, 6.45) is 0. The topological polar surface area (TPSA) is 13.0 Å². The maximum absolute atomic E-state index is 4.76. The Morgan fingerprint density at radius 1 is 0.526 bits per heavy atom. The van der Waals surface area contributed by atoms with Crippen LogP contribution in [0.25, 0.3) is 0 Å². The monoisotopic (exact) mass is 358 g/mol. The van der Waals surface area contributed by atoms with E-state index in [-0.39, 0.29) is 13.1 Å². The summed E-state index contributed by atoms with van der Waals surface area (Å²) in [6, 6.07) is 0. The van der Waals surface area contributed by atoms with Crippen molar-refractivity contribution in [2.24, 2.45) is 0 Å². The second-order valence-corrected chi connectivity index (χ2v) is 7.09. The van der Waals surface area contributed by atoms with Gasteiger partial charge in [0.15, 0.2) is 0 Å². The van der Waals surface area contributed by atoms with Gasteiger partial charge in [-0.05, 0) is 56.4 Å². The van der Waals surface area contributed by atoms with Crippen LogP contribution in [0.15, 0.2) is 0 Å². The van der Waals surface area contributed by atoms with Crippen molar-refractivity contribution in [1.29, 1.82) is 0 Å². The van der Waals surface area contributed by atoms with Crippen molar-refractivity contribution in [1.82, 2.24) is 19.6 Å². The third-order valence-electron chi connectivity index (χ3n) is 1.99. The van der Waals surface area contributed by atoms with Gasteiger partial charge >= 0.3 is 33.3 Å². The first-order valence-electron chi connectivity index (χ1n) is 6.11. The van der Waals surface area contributed by atoms with Crippen LogP contribution in [-0.2, 0) is 13.1 Å². The summed E-state index contributed by atoms with van der Waals surface area (Å²) in [7, 11) is 26.2. The van der Waals surface area contributed by atoms with E-state index in [0.717, 1.165) is 26.2 Å². The SMILES string of the molecule is CN(C)CCN(C)C.CN(C)CCN(C)C.[Cl][Fe][Cl]. The second-order valence-electron chi connectivity index (χ2n) is 5.26. The molecule has 0 saturated heterocycles. The van der Waals surface area contributed by atoms with Crippen LogP contribution >= 0.6 is 20.2 Å².